The second-order valence-corrected chi connectivity index (χ2v) is 13.8. The average Bonchev–Trinajstić information content (AvgIpc) is 3.40. The van der Waals surface area contributed by atoms with E-state index in [-0.39, 0.29) is 17.5 Å². The summed E-state index contributed by atoms with van der Waals surface area (Å²) in [5.41, 5.74) is 1.00. The van der Waals surface area contributed by atoms with Crippen LogP contribution >= 0.6 is 22.6 Å². The third-order valence-corrected chi connectivity index (χ3v) is 6.94. The molecule has 3 N–H and O–H groups in total. The lowest BCUT2D eigenvalue weighted by molar-refractivity contribution is 0.01000. The Morgan fingerprint density at radius 1 is 0.978 bits per heavy atom. The van der Waals surface area contributed by atoms with Crippen molar-refractivity contribution >= 4 is 34.8 Å². The lowest BCUT2D eigenvalue weighted by Crippen LogP contribution is -2.54. The summed E-state index contributed by atoms with van der Waals surface area (Å²) in [5.74, 6) is -2.07. The van der Waals surface area contributed by atoms with Gasteiger partial charge in [-0.15, -0.1) is 0 Å². The fraction of sp³-hybridized carbons (Fsp3) is 0.452. The topological polar surface area (TPSA) is 118 Å². The van der Waals surface area contributed by atoms with E-state index in [1.807, 2.05) is 24.3 Å². The van der Waals surface area contributed by atoms with E-state index < -0.39 is 72.4 Å². The zero-order valence-corrected chi connectivity index (χ0v) is 28.4. The standard InChI is InChI=1S/C31H38F4IN5O5/c1-30(2,3)45-28(43)38-25(11-18-7-9-21(36)10-8-18)26(42)17-40(39-29(44)46-31(4,5)6)16-22-23(32)12-19(13-24(22)33)20-14-37-41(15-20)27(34)35/h7-10,12-15,25-27,42H,11,16-17H2,1-6H3,(H,38,43)(H,39,44). The highest BCUT2D eigenvalue weighted by Crippen LogP contribution is 2.26. The SMILES string of the molecule is CC(C)(C)OC(=O)NC(Cc1ccc(I)cc1)C(O)CN(Cc1c(F)cc(-c2cnn(C(F)F)c2)cc1F)NC(=O)OC(C)(C)C. The van der Waals surface area contributed by atoms with Crippen molar-refractivity contribution in [2.75, 3.05) is 6.54 Å². The Balaban J connectivity index is 1.91. The van der Waals surface area contributed by atoms with Crippen LogP contribution in [0.5, 0.6) is 0 Å². The van der Waals surface area contributed by atoms with Crippen molar-refractivity contribution in [3.05, 3.63) is 75.1 Å². The molecule has 0 aliphatic heterocycles. The normalized spacial score (nSPS) is 13.4. The molecule has 0 saturated heterocycles. The zero-order valence-electron chi connectivity index (χ0n) is 26.3. The molecule has 3 aromatic rings. The Hall–Kier alpha value is -3.44. The number of alkyl carbamates (subject to hydrolysis) is 1. The summed E-state index contributed by atoms with van der Waals surface area (Å²) >= 11 is 2.15. The molecule has 10 nitrogen and oxygen atoms in total. The summed E-state index contributed by atoms with van der Waals surface area (Å²) in [7, 11) is 0. The van der Waals surface area contributed by atoms with Gasteiger partial charge in [-0.25, -0.2) is 28.1 Å². The highest BCUT2D eigenvalue weighted by Gasteiger charge is 2.29. The lowest BCUT2D eigenvalue weighted by Gasteiger charge is -2.32. The van der Waals surface area contributed by atoms with E-state index in [4.69, 9.17) is 9.47 Å². The van der Waals surface area contributed by atoms with Gasteiger partial charge in [0.2, 0.25) is 0 Å². The molecule has 2 aromatic carbocycles. The van der Waals surface area contributed by atoms with Crippen LogP contribution < -0.4 is 10.7 Å². The molecule has 0 saturated carbocycles. The van der Waals surface area contributed by atoms with Crippen molar-refractivity contribution in [1.82, 2.24) is 25.5 Å². The zero-order chi connectivity index (χ0) is 34.4. The molecule has 2 unspecified atom stereocenters. The summed E-state index contributed by atoms with van der Waals surface area (Å²) in [6.45, 7) is 6.01. The number of hydrogen-bond donors (Lipinski definition) is 3. The first kappa shape index (κ1) is 37.0. The van der Waals surface area contributed by atoms with Crippen molar-refractivity contribution in [3.8, 4) is 11.1 Å². The molecule has 0 radical (unpaired) electrons. The monoisotopic (exact) mass is 763 g/mol. The molecule has 2 atom stereocenters. The van der Waals surface area contributed by atoms with Crippen LogP contribution in [0.15, 0.2) is 48.8 Å². The molecule has 0 bridgehead atoms. The van der Waals surface area contributed by atoms with E-state index in [1.54, 1.807) is 41.5 Å². The average molecular weight is 764 g/mol. The highest BCUT2D eigenvalue weighted by molar-refractivity contribution is 14.1. The van der Waals surface area contributed by atoms with Crippen molar-refractivity contribution in [2.24, 2.45) is 0 Å². The maximum Gasteiger partial charge on any atom is 0.422 e. The molecule has 0 aliphatic carbocycles. The van der Waals surface area contributed by atoms with Gasteiger partial charge < -0.3 is 19.9 Å². The molecule has 1 heterocycles. The van der Waals surface area contributed by atoms with E-state index in [1.165, 1.54) is 0 Å². The van der Waals surface area contributed by atoms with E-state index in [9.17, 15) is 23.5 Å². The first-order valence-electron chi connectivity index (χ1n) is 14.3. The summed E-state index contributed by atoms with van der Waals surface area (Å²) in [5, 5.41) is 18.6. The minimum Gasteiger partial charge on any atom is -0.444 e. The summed E-state index contributed by atoms with van der Waals surface area (Å²) in [6, 6.07) is 8.32. The largest absolute Gasteiger partial charge is 0.444 e. The minimum absolute atomic E-state index is 0.0310. The second kappa shape index (κ2) is 15.4. The van der Waals surface area contributed by atoms with Crippen LogP contribution in [-0.2, 0) is 22.4 Å². The predicted molar refractivity (Wildman–Crippen MR) is 171 cm³/mol. The number of aliphatic hydroxyl groups is 1. The molecule has 46 heavy (non-hydrogen) atoms. The number of ether oxygens (including phenoxy) is 2. The lowest BCUT2D eigenvalue weighted by atomic mass is 10.0. The van der Waals surface area contributed by atoms with Crippen molar-refractivity contribution in [1.29, 1.82) is 0 Å². The number of nitrogens with zero attached hydrogens (tertiary/aromatic N) is 3. The molecule has 252 valence electrons. The van der Waals surface area contributed by atoms with Crippen LogP contribution in [0.2, 0.25) is 0 Å². The van der Waals surface area contributed by atoms with E-state index in [0.717, 1.165) is 38.7 Å². The number of aliphatic hydroxyl groups excluding tert-OH is 1. The van der Waals surface area contributed by atoms with Crippen molar-refractivity contribution in [3.63, 3.8) is 0 Å². The number of hydrazine groups is 1. The first-order chi connectivity index (χ1) is 21.3. The molecule has 15 heteroatoms. The fourth-order valence-corrected chi connectivity index (χ4v) is 4.61. The van der Waals surface area contributed by atoms with Crippen LogP contribution in [0.4, 0.5) is 27.2 Å². The van der Waals surface area contributed by atoms with E-state index >= 15 is 8.78 Å². The Morgan fingerprint density at radius 3 is 2.07 bits per heavy atom. The maximum atomic E-state index is 15.4. The number of halogens is 5. The van der Waals surface area contributed by atoms with Gasteiger partial charge in [-0.2, -0.15) is 13.9 Å². The molecular weight excluding hydrogens is 725 g/mol. The third-order valence-electron chi connectivity index (χ3n) is 6.22. The first-order valence-corrected chi connectivity index (χ1v) is 15.3. The van der Waals surface area contributed by atoms with Gasteiger partial charge in [0.1, 0.15) is 22.8 Å². The Morgan fingerprint density at radius 2 is 1.54 bits per heavy atom. The molecule has 1 aromatic heterocycles. The van der Waals surface area contributed by atoms with Crippen LogP contribution in [0.25, 0.3) is 11.1 Å². The smallest absolute Gasteiger partial charge is 0.422 e. The number of aromatic nitrogens is 2. The third kappa shape index (κ3) is 11.7. The van der Waals surface area contributed by atoms with Crippen LogP contribution in [0.1, 0.15) is 59.2 Å². The molecule has 2 amide bonds. The minimum atomic E-state index is -2.93. The van der Waals surface area contributed by atoms with Crippen LogP contribution in [0, 0.1) is 15.2 Å². The van der Waals surface area contributed by atoms with Crippen LogP contribution in [-0.4, -0.2) is 62.0 Å². The molecule has 0 fully saturated rings. The number of benzene rings is 2. The van der Waals surface area contributed by atoms with Gasteiger partial charge in [0.05, 0.1) is 18.3 Å². The van der Waals surface area contributed by atoms with Gasteiger partial charge >= 0.3 is 18.7 Å². The Bertz CT molecular complexity index is 1470. The number of alkyl halides is 2. The number of nitrogens with one attached hydrogen (secondary N) is 2. The second-order valence-electron chi connectivity index (χ2n) is 12.6. The van der Waals surface area contributed by atoms with Crippen molar-refractivity contribution in [2.45, 2.75) is 84.4 Å². The molecule has 3 rings (SSSR count). The number of carbonyl (C=O) groups excluding carboxylic acids is 2. The Labute approximate surface area is 278 Å². The van der Waals surface area contributed by atoms with Crippen molar-refractivity contribution < 1.29 is 41.7 Å². The van der Waals surface area contributed by atoms with Crippen LogP contribution in [0.3, 0.4) is 0 Å². The number of amides is 2. The highest BCUT2D eigenvalue weighted by atomic mass is 127. The van der Waals surface area contributed by atoms with Gasteiger partial charge in [-0.3, -0.25) is 5.43 Å². The number of carbonyl (C=O) groups is 2. The van der Waals surface area contributed by atoms with E-state index in [2.05, 4.69) is 38.4 Å². The summed E-state index contributed by atoms with van der Waals surface area (Å²) in [6.07, 6.45) is -0.981. The van der Waals surface area contributed by atoms with Gasteiger partial charge in [0, 0.05) is 34.0 Å². The van der Waals surface area contributed by atoms with Gasteiger partial charge in [-0.1, -0.05) is 12.1 Å². The summed E-state index contributed by atoms with van der Waals surface area (Å²) < 4.78 is 68.6. The maximum absolute atomic E-state index is 15.4. The fourth-order valence-electron chi connectivity index (χ4n) is 4.25. The predicted octanol–water partition coefficient (Wildman–Crippen LogP) is 6.57. The Kier molecular flexibility index (Phi) is 12.4. The van der Waals surface area contributed by atoms with Gasteiger partial charge in [0.25, 0.3) is 0 Å². The number of rotatable bonds is 11. The molecular formula is C31H38F4IN5O5. The van der Waals surface area contributed by atoms with Gasteiger partial charge in [0.15, 0.2) is 0 Å². The number of hydrogen-bond acceptors (Lipinski definition) is 7. The van der Waals surface area contributed by atoms with E-state index in [0.29, 0.717) is 4.68 Å². The summed E-state index contributed by atoms with van der Waals surface area (Å²) in [4.78, 5) is 25.4. The molecule has 0 spiro atoms. The quantitative estimate of drug-likeness (QED) is 0.115. The van der Waals surface area contributed by atoms with Gasteiger partial charge in [-0.05, 0) is 106 Å². The molecule has 0 aliphatic rings.